The molecule has 1 fully saturated rings. The zero-order valence-corrected chi connectivity index (χ0v) is 17.9. The number of hydrogen-bond acceptors (Lipinski definition) is 5. The van der Waals surface area contributed by atoms with Gasteiger partial charge in [-0.1, -0.05) is 35.3 Å². The molecule has 8 nitrogen and oxygen atoms in total. The number of aromatic amines is 1. The molecule has 1 aliphatic rings. The molecule has 1 atom stereocenters. The fourth-order valence-corrected chi connectivity index (χ4v) is 3.96. The van der Waals surface area contributed by atoms with Gasteiger partial charge in [0.1, 0.15) is 0 Å². The van der Waals surface area contributed by atoms with Crippen molar-refractivity contribution in [2.45, 2.75) is 51.5 Å². The van der Waals surface area contributed by atoms with Crippen LogP contribution in [0, 0.1) is 0 Å². The molecule has 0 radical (unpaired) electrons. The summed E-state index contributed by atoms with van der Waals surface area (Å²) >= 11 is 6.00. The number of aromatic nitrogens is 2. The maximum atomic E-state index is 12.7. The highest BCUT2D eigenvalue weighted by Gasteiger charge is 2.29. The van der Waals surface area contributed by atoms with Gasteiger partial charge in [-0.3, -0.25) is 19.1 Å². The molecule has 9 heteroatoms. The molecule has 162 valence electrons. The zero-order valence-electron chi connectivity index (χ0n) is 17.1. The Kier molecular flexibility index (Phi) is 7.68. The van der Waals surface area contributed by atoms with Crippen molar-refractivity contribution in [3.63, 3.8) is 0 Å². The number of rotatable bonds is 8. The van der Waals surface area contributed by atoms with Crippen molar-refractivity contribution in [3.8, 4) is 0 Å². The van der Waals surface area contributed by atoms with Crippen molar-refractivity contribution in [2.75, 3.05) is 19.6 Å². The normalized spacial score (nSPS) is 16.7. The first kappa shape index (κ1) is 22.1. The molecule has 1 saturated heterocycles. The number of nitrogens with zero attached hydrogens (tertiary/aromatic N) is 3. The van der Waals surface area contributed by atoms with Gasteiger partial charge in [-0.05, 0) is 37.5 Å². The van der Waals surface area contributed by atoms with E-state index in [2.05, 4.69) is 14.7 Å². The monoisotopic (exact) mass is 434 g/mol. The smallest absolute Gasteiger partial charge is 0.339 e. The van der Waals surface area contributed by atoms with E-state index in [1.54, 1.807) is 6.07 Å². The first-order valence-electron chi connectivity index (χ1n) is 10.3. The largest absolute Gasteiger partial charge is 0.438 e. The molecule has 1 N–H and O–H groups in total. The van der Waals surface area contributed by atoms with Crippen LogP contribution in [0.1, 0.15) is 44.0 Å². The number of piperazine rings is 1. The average Bonchev–Trinajstić information content (AvgIpc) is 3.12. The summed E-state index contributed by atoms with van der Waals surface area (Å²) in [5, 5.41) is 4.25. The minimum absolute atomic E-state index is 0.0154. The van der Waals surface area contributed by atoms with E-state index in [4.69, 9.17) is 11.6 Å². The average molecular weight is 435 g/mol. The van der Waals surface area contributed by atoms with Crippen LogP contribution in [0.15, 0.2) is 33.6 Å². The van der Waals surface area contributed by atoms with E-state index >= 15 is 0 Å². The highest BCUT2D eigenvalue weighted by molar-refractivity contribution is 6.30. The molecule has 1 aromatic heterocycles. The molecule has 2 amide bonds. The second kappa shape index (κ2) is 10.4. The first-order chi connectivity index (χ1) is 14.4. The van der Waals surface area contributed by atoms with Gasteiger partial charge in [0.05, 0.1) is 6.42 Å². The van der Waals surface area contributed by atoms with Crippen LogP contribution in [-0.2, 0) is 22.4 Å². The fourth-order valence-electron chi connectivity index (χ4n) is 3.75. The van der Waals surface area contributed by atoms with E-state index < -0.39 is 5.76 Å². The number of carbonyl (C=O) groups is 2. The maximum Gasteiger partial charge on any atom is 0.438 e. The van der Waals surface area contributed by atoms with Crippen molar-refractivity contribution in [1.82, 2.24) is 19.9 Å². The summed E-state index contributed by atoms with van der Waals surface area (Å²) in [6.45, 7) is 3.64. The number of H-pyrrole nitrogens is 1. The Morgan fingerprint density at radius 3 is 2.77 bits per heavy atom. The van der Waals surface area contributed by atoms with Gasteiger partial charge in [0.15, 0.2) is 5.82 Å². The summed E-state index contributed by atoms with van der Waals surface area (Å²) in [5.74, 6) is 0.180. The van der Waals surface area contributed by atoms with Crippen LogP contribution in [0.25, 0.3) is 0 Å². The summed E-state index contributed by atoms with van der Waals surface area (Å²) in [7, 11) is 0. The van der Waals surface area contributed by atoms with E-state index in [9.17, 15) is 14.4 Å². The summed E-state index contributed by atoms with van der Waals surface area (Å²) < 4.78 is 4.46. The van der Waals surface area contributed by atoms with Crippen molar-refractivity contribution >= 4 is 23.4 Å². The molecular weight excluding hydrogens is 408 g/mol. The number of halogens is 1. The molecule has 1 aliphatic heterocycles. The van der Waals surface area contributed by atoms with Gasteiger partial charge < -0.3 is 9.80 Å². The number of aryl methyl sites for hydroxylation is 1. The minimum Gasteiger partial charge on any atom is -0.339 e. The Balaban J connectivity index is 1.37. The molecule has 1 unspecified atom stereocenters. The quantitative estimate of drug-likeness (QED) is 0.643. The van der Waals surface area contributed by atoms with Crippen LogP contribution in [0.2, 0.25) is 5.02 Å². The van der Waals surface area contributed by atoms with E-state index in [0.717, 1.165) is 24.8 Å². The second-order valence-corrected chi connectivity index (χ2v) is 8.12. The van der Waals surface area contributed by atoms with Crippen LogP contribution in [-0.4, -0.2) is 57.4 Å². The summed E-state index contributed by atoms with van der Waals surface area (Å²) in [5.41, 5.74) is 0.896. The van der Waals surface area contributed by atoms with Gasteiger partial charge in [0.2, 0.25) is 11.8 Å². The van der Waals surface area contributed by atoms with Crippen LogP contribution < -0.4 is 5.76 Å². The second-order valence-electron chi connectivity index (χ2n) is 7.68. The maximum absolute atomic E-state index is 12.7. The third-order valence-electron chi connectivity index (χ3n) is 5.33. The SMILES string of the molecule is CC1CN(C(=O)CCCCCc2noc(=O)[nH]2)CCN1C(=O)Cc1cccc(Cl)c1. The molecule has 30 heavy (non-hydrogen) atoms. The fraction of sp³-hybridized carbons (Fsp3) is 0.524. The van der Waals surface area contributed by atoms with Gasteiger partial charge in [-0.15, -0.1) is 0 Å². The van der Waals surface area contributed by atoms with E-state index in [1.807, 2.05) is 34.9 Å². The number of hydrogen-bond donors (Lipinski definition) is 1. The van der Waals surface area contributed by atoms with Crippen molar-refractivity contribution in [3.05, 3.63) is 51.2 Å². The predicted molar refractivity (Wildman–Crippen MR) is 112 cm³/mol. The third kappa shape index (κ3) is 6.19. The van der Waals surface area contributed by atoms with Crippen LogP contribution >= 0.6 is 11.6 Å². The van der Waals surface area contributed by atoms with Gasteiger partial charge in [0.25, 0.3) is 0 Å². The topological polar surface area (TPSA) is 99.5 Å². The molecule has 2 heterocycles. The molecule has 0 bridgehead atoms. The van der Waals surface area contributed by atoms with E-state index in [-0.39, 0.29) is 17.9 Å². The van der Waals surface area contributed by atoms with Crippen LogP contribution in [0.5, 0.6) is 0 Å². The minimum atomic E-state index is -0.542. The van der Waals surface area contributed by atoms with Gasteiger partial charge in [0, 0.05) is 43.5 Å². The highest BCUT2D eigenvalue weighted by atomic mass is 35.5. The van der Waals surface area contributed by atoms with E-state index in [1.165, 1.54) is 0 Å². The molecule has 3 rings (SSSR count). The lowest BCUT2D eigenvalue weighted by molar-refractivity contribution is -0.142. The molecule has 1 aromatic carbocycles. The molecule has 0 aliphatic carbocycles. The Morgan fingerprint density at radius 1 is 1.23 bits per heavy atom. The van der Waals surface area contributed by atoms with Crippen LogP contribution in [0.3, 0.4) is 0 Å². The summed E-state index contributed by atoms with van der Waals surface area (Å²) in [6, 6.07) is 7.32. The Morgan fingerprint density at radius 2 is 2.07 bits per heavy atom. The van der Waals surface area contributed by atoms with Crippen LogP contribution in [0.4, 0.5) is 0 Å². The molecule has 0 saturated carbocycles. The number of nitrogens with one attached hydrogen (secondary N) is 1. The standard InChI is InChI=1S/C21H27ClN4O4/c1-15-14-25(19(27)9-4-2-3-8-18-23-21(29)30-24-18)10-11-26(15)20(28)13-16-6-5-7-17(22)12-16/h5-7,12,15H,2-4,8-11,13-14H2,1H3,(H,23,24,29). The molecular formula is C21H27ClN4O4. The third-order valence-corrected chi connectivity index (χ3v) is 5.57. The lowest BCUT2D eigenvalue weighted by Gasteiger charge is -2.40. The zero-order chi connectivity index (χ0) is 21.5. The highest BCUT2D eigenvalue weighted by Crippen LogP contribution is 2.16. The lowest BCUT2D eigenvalue weighted by atomic mass is 10.1. The number of unbranched alkanes of at least 4 members (excludes halogenated alkanes) is 2. The predicted octanol–water partition coefficient (Wildman–Crippen LogP) is 2.42. The van der Waals surface area contributed by atoms with Crippen molar-refractivity contribution < 1.29 is 14.1 Å². The van der Waals surface area contributed by atoms with Gasteiger partial charge in [-0.25, -0.2) is 4.79 Å². The number of amides is 2. The lowest BCUT2D eigenvalue weighted by Crippen LogP contribution is -2.55. The molecule has 2 aromatic rings. The van der Waals surface area contributed by atoms with E-state index in [0.29, 0.717) is 49.7 Å². The number of carbonyl (C=O) groups excluding carboxylic acids is 2. The van der Waals surface area contributed by atoms with Crippen molar-refractivity contribution in [2.24, 2.45) is 0 Å². The number of benzene rings is 1. The Hall–Kier alpha value is -2.61. The Labute approximate surface area is 180 Å². The summed E-state index contributed by atoms with van der Waals surface area (Å²) in [6.07, 6.45) is 3.91. The summed E-state index contributed by atoms with van der Waals surface area (Å²) in [4.78, 5) is 42.3. The first-order valence-corrected chi connectivity index (χ1v) is 10.7. The van der Waals surface area contributed by atoms with Crippen molar-refractivity contribution in [1.29, 1.82) is 0 Å². The van der Waals surface area contributed by atoms with Gasteiger partial charge in [-0.2, -0.15) is 0 Å². The van der Waals surface area contributed by atoms with Gasteiger partial charge >= 0.3 is 5.76 Å². The Bertz CT molecular complexity index is 925. The molecule has 0 spiro atoms.